The van der Waals surface area contributed by atoms with Crippen molar-refractivity contribution in [2.45, 2.75) is 68.4 Å². The molecule has 126 valence electrons. The van der Waals surface area contributed by atoms with Crippen molar-refractivity contribution >= 4 is 5.84 Å². The highest BCUT2D eigenvalue weighted by molar-refractivity contribution is 5.90. The second-order valence-corrected chi connectivity index (χ2v) is 9.91. The Hall–Kier alpha value is -0.830. The van der Waals surface area contributed by atoms with Gasteiger partial charge in [-0.3, -0.25) is 4.99 Å². The molecule has 2 heterocycles. The Morgan fingerprint density at radius 1 is 0.955 bits per heavy atom. The molecular formula is C19H35N3. The van der Waals surface area contributed by atoms with Crippen LogP contribution in [0, 0.1) is 16.2 Å². The van der Waals surface area contributed by atoms with Crippen molar-refractivity contribution in [3.8, 4) is 0 Å². The van der Waals surface area contributed by atoms with E-state index in [9.17, 15) is 0 Å². The Morgan fingerprint density at radius 2 is 1.55 bits per heavy atom. The number of nitrogens with one attached hydrogen (secondary N) is 1. The van der Waals surface area contributed by atoms with Crippen molar-refractivity contribution in [1.29, 1.82) is 0 Å². The fourth-order valence-corrected chi connectivity index (χ4v) is 3.58. The molecule has 0 aromatic heterocycles. The van der Waals surface area contributed by atoms with Crippen molar-refractivity contribution in [2.75, 3.05) is 19.6 Å². The number of aliphatic imine (C=N–C) groups is 1. The molecular weight excluding hydrogens is 270 g/mol. The van der Waals surface area contributed by atoms with E-state index in [0.29, 0.717) is 0 Å². The van der Waals surface area contributed by atoms with Gasteiger partial charge in [0.15, 0.2) is 0 Å². The minimum Gasteiger partial charge on any atom is -0.331 e. The van der Waals surface area contributed by atoms with Gasteiger partial charge in [-0.15, -0.1) is 0 Å². The summed E-state index contributed by atoms with van der Waals surface area (Å²) in [7, 11) is 0. The summed E-state index contributed by atoms with van der Waals surface area (Å²) in [5.74, 6) is 1.26. The van der Waals surface area contributed by atoms with E-state index in [2.05, 4.69) is 72.5 Å². The Bertz CT molecular complexity index is 492. The standard InChI is InChI=1S/C19H35N3/c1-17(2,3)14-13-12-20-10-11-22(13)16(19(7,8)9)21-15(14)18(4,5)6/h15,20H,10-12H2,1-9H3. The number of amidine groups is 1. The molecule has 1 unspecified atom stereocenters. The van der Waals surface area contributed by atoms with Gasteiger partial charge in [0.1, 0.15) is 5.84 Å². The fraction of sp³-hybridized carbons (Fsp3) is 0.842. The summed E-state index contributed by atoms with van der Waals surface area (Å²) in [4.78, 5) is 7.81. The van der Waals surface area contributed by atoms with Crippen molar-refractivity contribution < 1.29 is 0 Å². The van der Waals surface area contributed by atoms with Crippen LogP contribution >= 0.6 is 0 Å². The van der Waals surface area contributed by atoms with Gasteiger partial charge in [0.25, 0.3) is 0 Å². The highest BCUT2D eigenvalue weighted by atomic mass is 15.3. The molecule has 0 amide bonds. The van der Waals surface area contributed by atoms with Gasteiger partial charge in [0.05, 0.1) is 6.04 Å². The number of rotatable bonds is 0. The van der Waals surface area contributed by atoms with Crippen LogP contribution in [-0.2, 0) is 0 Å². The Kier molecular flexibility index (Phi) is 4.27. The number of hydrogen-bond acceptors (Lipinski definition) is 3. The van der Waals surface area contributed by atoms with Crippen LogP contribution in [0.25, 0.3) is 0 Å². The lowest BCUT2D eigenvalue weighted by atomic mass is 9.70. The van der Waals surface area contributed by atoms with Gasteiger partial charge in [-0.25, -0.2) is 0 Å². The summed E-state index contributed by atoms with van der Waals surface area (Å²) < 4.78 is 0. The van der Waals surface area contributed by atoms with Crippen LogP contribution in [0.3, 0.4) is 0 Å². The molecule has 2 rings (SSSR count). The van der Waals surface area contributed by atoms with Crippen LogP contribution in [0.4, 0.5) is 0 Å². The third-order valence-corrected chi connectivity index (χ3v) is 4.52. The van der Waals surface area contributed by atoms with E-state index >= 15 is 0 Å². The predicted molar refractivity (Wildman–Crippen MR) is 96.2 cm³/mol. The lowest BCUT2D eigenvalue weighted by Gasteiger charge is -2.49. The van der Waals surface area contributed by atoms with Crippen LogP contribution in [0.5, 0.6) is 0 Å². The maximum Gasteiger partial charge on any atom is 0.109 e. The molecule has 0 aromatic carbocycles. The monoisotopic (exact) mass is 305 g/mol. The zero-order valence-electron chi connectivity index (χ0n) is 16.1. The van der Waals surface area contributed by atoms with Gasteiger partial charge < -0.3 is 10.2 Å². The van der Waals surface area contributed by atoms with E-state index < -0.39 is 0 Å². The van der Waals surface area contributed by atoms with Gasteiger partial charge >= 0.3 is 0 Å². The summed E-state index contributed by atoms with van der Waals surface area (Å²) in [5, 5.41) is 3.58. The van der Waals surface area contributed by atoms with Crippen LogP contribution in [0.15, 0.2) is 16.3 Å². The molecule has 0 aromatic rings. The molecule has 2 aliphatic rings. The molecule has 22 heavy (non-hydrogen) atoms. The van der Waals surface area contributed by atoms with Gasteiger partial charge in [0, 0.05) is 30.7 Å². The minimum absolute atomic E-state index is 0.0789. The molecule has 0 spiro atoms. The Labute approximate surface area is 137 Å². The quantitative estimate of drug-likeness (QED) is 0.730. The summed E-state index contributed by atoms with van der Waals surface area (Å²) in [6, 6.07) is 0.257. The molecule has 1 fully saturated rings. The number of hydrogen-bond donors (Lipinski definition) is 1. The van der Waals surface area contributed by atoms with E-state index in [4.69, 9.17) is 4.99 Å². The highest BCUT2D eigenvalue weighted by Crippen LogP contribution is 2.44. The van der Waals surface area contributed by atoms with Crippen molar-refractivity contribution in [1.82, 2.24) is 10.2 Å². The van der Waals surface area contributed by atoms with Gasteiger partial charge in [-0.2, -0.15) is 0 Å². The maximum absolute atomic E-state index is 5.31. The molecule has 0 aliphatic carbocycles. The zero-order valence-corrected chi connectivity index (χ0v) is 16.1. The van der Waals surface area contributed by atoms with E-state index in [1.54, 1.807) is 0 Å². The zero-order chi connectivity index (χ0) is 16.9. The Morgan fingerprint density at radius 3 is 2.00 bits per heavy atom. The second kappa shape index (κ2) is 5.36. The van der Waals surface area contributed by atoms with Crippen molar-refractivity contribution in [3.63, 3.8) is 0 Å². The maximum atomic E-state index is 5.31. The van der Waals surface area contributed by atoms with E-state index in [-0.39, 0.29) is 22.3 Å². The van der Waals surface area contributed by atoms with Gasteiger partial charge in [-0.1, -0.05) is 62.3 Å². The third-order valence-electron chi connectivity index (χ3n) is 4.52. The van der Waals surface area contributed by atoms with Crippen LogP contribution in [0.1, 0.15) is 62.3 Å². The smallest absolute Gasteiger partial charge is 0.109 e. The van der Waals surface area contributed by atoms with Gasteiger partial charge in [-0.05, 0) is 16.4 Å². The summed E-state index contributed by atoms with van der Waals surface area (Å²) in [6.45, 7) is 23.8. The lowest BCUT2D eigenvalue weighted by Crippen LogP contribution is -2.54. The summed E-state index contributed by atoms with van der Waals surface area (Å²) >= 11 is 0. The molecule has 1 atom stereocenters. The number of piperazine rings is 1. The summed E-state index contributed by atoms with van der Waals surface area (Å²) in [5.41, 5.74) is 3.33. The average Bonchev–Trinajstić information content (AvgIpc) is 2.33. The molecule has 3 heteroatoms. The van der Waals surface area contributed by atoms with E-state index in [1.807, 2.05) is 0 Å². The number of nitrogens with zero attached hydrogens (tertiary/aromatic N) is 2. The van der Waals surface area contributed by atoms with Gasteiger partial charge in [0.2, 0.25) is 0 Å². The lowest BCUT2D eigenvalue weighted by molar-refractivity contribution is 0.266. The molecule has 0 saturated carbocycles. The normalized spacial score (nSPS) is 24.3. The molecule has 1 N–H and O–H groups in total. The molecule has 0 radical (unpaired) electrons. The number of fused-ring (bicyclic) bond motifs is 1. The highest BCUT2D eigenvalue weighted by Gasteiger charge is 2.43. The van der Waals surface area contributed by atoms with Crippen molar-refractivity contribution in [2.24, 2.45) is 21.2 Å². The molecule has 3 nitrogen and oxygen atoms in total. The molecule has 2 aliphatic heterocycles. The van der Waals surface area contributed by atoms with Crippen LogP contribution < -0.4 is 5.32 Å². The fourth-order valence-electron chi connectivity index (χ4n) is 3.58. The Balaban J connectivity index is 2.65. The topological polar surface area (TPSA) is 27.6 Å². The van der Waals surface area contributed by atoms with Crippen LogP contribution in [-0.4, -0.2) is 36.4 Å². The first-order chi connectivity index (χ1) is 9.83. The first kappa shape index (κ1) is 17.5. The molecule has 0 bridgehead atoms. The predicted octanol–water partition coefficient (Wildman–Crippen LogP) is 4.06. The van der Waals surface area contributed by atoms with Crippen LogP contribution in [0.2, 0.25) is 0 Å². The second-order valence-electron chi connectivity index (χ2n) is 9.91. The van der Waals surface area contributed by atoms with E-state index in [1.165, 1.54) is 17.1 Å². The average molecular weight is 306 g/mol. The first-order valence-electron chi connectivity index (χ1n) is 8.63. The molecule has 1 saturated heterocycles. The summed E-state index contributed by atoms with van der Waals surface area (Å²) in [6.07, 6.45) is 0. The first-order valence-corrected chi connectivity index (χ1v) is 8.63. The minimum atomic E-state index is 0.0789. The SMILES string of the molecule is CC(C)(C)C1=NC(C(C)(C)C)C(C(C)(C)C)=C2CNCCN12. The van der Waals surface area contributed by atoms with Crippen molar-refractivity contribution in [3.05, 3.63) is 11.3 Å². The third kappa shape index (κ3) is 3.24. The largest absolute Gasteiger partial charge is 0.331 e. The van der Waals surface area contributed by atoms with E-state index in [0.717, 1.165) is 19.6 Å².